The first-order valence-electron chi connectivity index (χ1n) is 5.45. The molecule has 1 saturated carbocycles. The van der Waals surface area contributed by atoms with E-state index in [1.807, 2.05) is 0 Å². The molecule has 2 atom stereocenters. The molecule has 2 fully saturated rings. The van der Waals surface area contributed by atoms with E-state index in [0.717, 1.165) is 6.42 Å². The van der Waals surface area contributed by atoms with Crippen LogP contribution >= 0.6 is 0 Å². The Hall–Kier alpha value is -0.640. The van der Waals surface area contributed by atoms with Crippen molar-refractivity contribution in [2.45, 2.75) is 38.8 Å². The second-order valence-electron chi connectivity index (χ2n) is 5.83. The molecule has 1 spiro atoms. The van der Waals surface area contributed by atoms with Crippen LogP contribution in [0.2, 0.25) is 0 Å². The van der Waals surface area contributed by atoms with Crippen LogP contribution in [-0.4, -0.2) is 29.8 Å². The van der Waals surface area contributed by atoms with E-state index >= 15 is 0 Å². The van der Waals surface area contributed by atoms with Gasteiger partial charge in [0.1, 0.15) is 0 Å². The summed E-state index contributed by atoms with van der Waals surface area (Å²) in [7, 11) is 0. The molecule has 15 heavy (non-hydrogen) atoms. The van der Waals surface area contributed by atoms with Crippen LogP contribution in [0.1, 0.15) is 33.1 Å². The summed E-state index contributed by atoms with van der Waals surface area (Å²) in [5.74, 6) is -1.30. The number of alkyl halides is 1. The predicted molar refractivity (Wildman–Crippen MR) is 54.4 cm³/mol. The highest BCUT2D eigenvalue weighted by Gasteiger charge is 2.64. The summed E-state index contributed by atoms with van der Waals surface area (Å²) < 4.78 is 14.5. The van der Waals surface area contributed by atoms with Crippen LogP contribution in [0.25, 0.3) is 0 Å². The highest BCUT2D eigenvalue weighted by atomic mass is 19.1. The van der Waals surface area contributed by atoms with E-state index in [1.165, 1.54) is 0 Å². The molecule has 86 valence electrons. The zero-order valence-electron chi connectivity index (χ0n) is 9.27. The number of hydrogen-bond donors (Lipinski definition) is 2. The Morgan fingerprint density at radius 2 is 2.00 bits per heavy atom. The molecule has 0 radical (unpaired) electrons. The summed E-state index contributed by atoms with van der Waals surface area (Å²) in [5.41, 5.74) is -2.68. The topological polar surface area (TPSA) is 49.3 Å². The Kier molecular flexibility index (Phi) is 2.13. The standard InChI is InChI=1S/C11H18FNO2/c1-9(2)3-4-10(5-9)6-13-7-11(10,12)8(14)15/h13H,3-7H2,1-2H3,(H,14,15). The van der Waals surface area contributed by atoms with E-state index in [2.05, 4.69) is 19.2 Å². The maximum atomic E-state index is 14.5. The summed E-state index contributed by atoms with van der Waals surface area (Å²) in [6, 6.07) is 0. The van der Waals surface area contributed by atoms with Gasteiger partial charge in [-0.3, -0.25) is 0 Å². The van der Waals surface area contributed by atoms with Gasteiger partial charge in [-0.2, -0.15) is 0 Å². The summed E-state index contributed by atoms with van der Waals surface area (Å²) in [6.45, 7) is 4.63. The fraction of sp³-hybridized carbons (Fsp3) is 0.909. The minimum atomic E-state index is -2.07. The number of hydrogen-bond acceptors (Lipinski definition) is 2. The van der Waals surface area contributed by atoms with Crippen LogP contribution in [-0.2, 0) is 4.79 Å². The van der Waals surface area contributed by atoms with E-state index in [9.17, 15) is 9.18 Å². The normalized spacial score (nSPS) is 43.7. The van der Waals surface area contributed by atoms with E-state index in [4.69, 9.17) is 5.11 Å². The van der Waals surface area contributed by atoms with Crippen molar-refractivity contribution in [3.63, 3.8) is 0 Å². The van der Waals surface area contributed by atoms with Crippen molar-refractivity contribution in [1.82, 2.24) is 5.32 Å². The molecule has 1 aliphatic heterocycles. The average molecular weight is 215 g/mol. The largest absolute Gasteiger partial charge is 0.479 e. The van der Waals surface area contributed by atoms with E-state index in [0.29, 0.717) is 19.4 Å². The molecule has 0 aromatic rings. The molecule has 0 aromatic heterocycles. The number of rotatable bonds is 1. The van der Waals surface area contributed by atoms with Crippen molar-refractivity contribution >= 4 is 5.97 Å². The molecule has 2 unspecified atom stereocenters. The Labute approximate surface area is 89.0 Å². The first-order valence-corrected chi connectivity index (χ1v) is 5.45. The first kappa shape index (κ1) is 10.9. The van der Waals surface area contributed by atoms with Crippen LogP contribution in [0.4, 0.5) is 4.39 Å². The monoisotopic (exact) mass is 215 g/mol. The van der Waals surface area contributed by atoms with Gasteiger partial charge in [-0.15, -0.1) is 0 Å². The zero-order valence-corrected chi connectivity index (χ0v) is 9.27. The number of aliphatic carboxylic acids is 1. The van der Waals surface area contributed by atoms with Crippen LogP contribution < -0.4 is 5.32 Å². The van der Waals surface area contributed by atoms with Crippen LogP contribution in [0.5, 0.6) is 0 Å². The molecule has 1 heterocycles. The van der Waals surface area contributed by atoms with Crippen molar-refractivity contribution in [2.24, 2.45) is 10.8 Å². The third kappa shape index (κ3) is 1.38. The van der Waals surface area contributed by atoms with Crippen molar-refractivity contribution in [2.75, 3.05) is 13.1 Å². The van der Waals surface area contributed by atoms with Crippen molar-refractivity contribution in [3.05, 3.63) is 0 Å². The third-order valence-corrected chi connectivity index (χ3v) is 4.11. The molecule has 4 heteroatoms. The number of carbonyl (C=O) groups is 1. The lowest BCUT2D eigenvalue weighted by atomic mass is 9.72. The molecule has 2 aliphatic rings. The molecule has 1 saturated heterocycles. The predicted octanol–water partition coefficient (Wildman–Crippen LogP) is 1.58. The molecule has 0 bridgehead atoms. The third-order valence-electron chi connectivity index (χ3n) is 4.11. The second-order valence-corrected chi connectivity index (χ2v) is 5.83. The van der Waals surface area contributed by atoms with E-state index in [-0.39, 0.29) is 12.0 Å². The highest BCUT2D eigenvalue weighted by molar-refractivity contribution is 5.79. The van der Waals surface area contributed by atoms with Crippen molar-refractivity contribution in [1.29, 1.82) is 0 Å². The second kappa shape index (κ2) is 2.94. The first-order chi connectivity index (χ1) is 6.81. The van der Waals surface area contributed by atoms with E-state index in [1.54, 1.807) is 0 Å². The number of nitrogens with one attached hydrogen (secondary N) is 1. The van der Waals surface area contributed by atoms with Crippen LogP contribution in [0, 0.1) is 10.8 Å². The SMILES string of the molecule is CC1(C)CCC2(CNCC2(F)C(=O)O)C1. The van der Waals surface area contributed by atoms with Gasteiger partial charge in [-0.1, -0.05) is 13.8 Å². The number of carboxylic acids is 1. The fourth-order valence-electron chi connectivity index (χ4n) is 3.26. The number of halogens is 1. The van der Waals surface area contributed by atoms with Gasteiger partial charge in [-0.05, 0) is 24.7 Å². The fourth-order valence-corrected chi connectivity index (χ4v) is 3.26. The van der Waals surface area contributed by atoms with Gasteiger partial charge >= 0.3 is 5.97 Å². The summed E-state index contributed by atoms with van der Waals surface area (Å²) in [4.78, 5) is 11.1. The minimum Gasteiger partial charge on any atom is -0.479 e. The minimum absolute atomic E-state index is 0.0432. The van der Waals surface area contributed by atoms with E-state index < -0.39 is 17.1 Å². The average Bonchev–Trinajstić information content (AvgIpc) is 2.57. The maximum absolute atomic E-state index is 14.5. The van der Waals surface area contributed by atoms with Crippen LogP contribution in [0.3, 0.4) is 0 Å². The lowest BCUT2D eigenvalue weighted by molar-refractivity contribution is -0.157. The maximum Gasteiger partial charge on any atom is 0.343 e. The molecular weight excluding hydrogens is 197 g/mol. The van der Waals surface area contributed by atoms with Crippen molar-refractivity contribution < 1.29 is 14.3 Å². The van der Waals surface area contributed by atoms with Gasteiger partial charge < -0.3 is 10.4 Å². The summed E-state index contributed by atoms with van der Waals surface area (Å²) in [6.07, 6.45) is 2.25. The summed E-state index contributed by atoms with van der Waals surface area (Å²) >= 11 is 0. The molecular formula is C11H18FNO2. The Balaban J connectivity index is 2.33. The molecule has 0 aromatic carbocycles. The smallest absolute Gasteiger partial charge is 0.343 e. The van der Waals surface area contributed by atoms with Gasteiger partial charge in [0.25, 0.3) is 0 Å². The van der Waals surface area contributed by atoms with Gasteiger partial charge in [-0.25, -0.2) is 9.18 Å². The van der Waals surface area contributed by atoms with Gasteiger partial charge in [0, 0.05) is 18.5 Å². The van der Waals surface area contributed by atoms with Gasteiger partial charge in [0.15, 0.2) is 0 Å². The van der Waals surface area contributed by atoms with Crippen LogP contribution in [0.15, 0.2) is 0 Å². The lowest BCUT2D eigenvalue weighted by Gasteiger charge is -2.34. The quantitative estimate of drug-likeness (QED) is 0.698. The number of carboxylic acid groups (broad SMARTS) is 1. The Bertz CT molecular complexity index is 305. The molecule has 1 aliphatic carbocycles. The van der Waals surface area contributed by atoms with Gasteiger partial charge in [0.2, 0.25) is 5.67 Å². The van der Waals surface area contributed by atoms with Gasteiger partial charge in [0.05, 0.1) is 0 Å². The van der Waals surface area contributed by atoms with Crippen molar-refractivity contribution in [3.8, 4) is 0 Å². The summed E-state index contributed by atoms with van der Waals surface area (Å²) in [5, 5.41) is 12.0. The molecule has 2 rings (SSSR count). The molecule has 3 nitrogen and oxygen atoms in total. The Morgan fingerprint density at radius 3 is 2.47 bits per heavy atom. The molecule has 0 amide bonds. The molecule has 2 N–H and O–H groups in total. The Morgan fingerprint density at radius 1 is 1.33 bits per heavy atom. The highest BCUT2D eigenvalue weighted by Crippen LogP contribution is 2.57. The zero-order chi connectivity index (χ0) is 11.3. The lowest BCUT2D eigenvalue weighted by Crippen LogP contribution is -2.49.